The molecule has 2 aliphatic rings. The SMILES string of the molecule is CCc1cc(C(=O)N2CCCC(CNC(=O)C3CCCN3)C2)n[nH]1.Cl. The van der Waals surface area contributed by atoms with Crippen LogP contribution >= 0.6 is 12.4 Å². The normalized spacial score (nSPS) is 23.2. The molecule has 0 spiro atoms. The summed E-state index contributed by atoms with van der Waals surface area (Å²) in [6.07, 6.45) is 4.83. The van der Waals surface area contributed by atoms with Crippen molar-refractivity contribution in [1.29, 1.82) is 0 Å². The van der Waals surface area contributed by atoms with Crippen molar-refractivity contribution in [3.63, 3.8) is 0 Å². The Bertz CT molecular complexity index is 585. The predicted octanol–water partition coefficient (Wildman–Crippen LogP) is 1.11. The van der Waals surface area contributed by atoms with E-state index in [1.165, 1.54) is 0 Å². The fraction of sp³-hybridized carbons (Fsp3) is 0.706. The molecule has 140 valence electrons. The van der Waals surface area contributed by atoms with Gasteiger partial charge < -0.3 is 15.5 Å². The van der Waals surface area contributed by atoms with Gasteiger partial charge in [0.05, 0.1) is 6.04 Å². The fourth-order valence-electron chi connectivity index (χ4n) is 3.51. The highest BCUT2D eigenvalue weighted by Crippen LogP contribution is 2.18. The average Bonchev–Trinajstić information content (AvgIpc) is 3.30. The number of rotatable bonds is 5. The Kier molecular flexibility index (Phi) is 7.25. The number of nitrogens with zero attached hydrogens (tertiary/aromatic N) is 2. The van der Waals surface area contributed by atoms with Gasteiger partial charge in [-0.2, -0.15) is 5.10 Å². The molecule has 2 amide bonds. The quantitative estimate of drug-likeness (QED) is 0.725. The van der Waals surface area contributed by atoms with E-state index in [1.807, 2.05) is 17.9 Å². The number of aromatic nitrogens is 2. The van der Waals surface area contributed by atoms with Crippen LogP contribution in [0.3, 0.4) is 0 Å². The Hall–Kier alpha value is -1.60. The number of hydrogen-bond acceptors (Lipinski definition) is 4. The number of H-pyrrole nitrogens is 1. The lowest BCUT2D eigenvalue weighted by Crippen LogP contribution is -2.46. The van der Waals surface area contributed by atoms with Crippen LogP contribution in [0, 0.1) is 5.92 Å². The first kappa shape index (κ1) is 19.7. The summed E-state index contributed by atoms with van der Waals surface area (Å²) in [4.78, 5) is 26.5. The minimum atomic E-state index is -0.0390. The number of carbonyl (C=O) groups is 2. The number of nitrogens with one attached hydrogen (secondary N) is 3. The van der Waals surface area contributed by atoms with Crippen molar-refractivity contribution < 1.29 is 9.59 Å². The molecule has 2 unspecified atom stereocenters. The smallest absolute Gasteiger partial charge is 0.274 e. The number of amides is 2. The zero-order chi connectivity index (χ0) is 16.9. The molecule has 0 bridgehead atoms. The van der Waals surface area contributed by atoms with Gasteiger partial charge in [0, 0.05) is 25.3 Å². The molecule has 0 saturated carbocycles. The Morgan fingerprint density at radius 1 is 1.36 bits per heavy atom. The van der Waals surface area contributed by atoms with Gasteiger partial charge in [0.1, 0.15) is 5.69 Å². The molecule has 2 fully saturated rings. The predicted molar refractivity (Wildman–Crippen MR) is 97.9 cm³/mol. The van der Waals surface area contributed by atoms with Crippen LogP contribution < -0.4 is 10.6 Å². The largest absolute Gasteiger partial charge is 0.354 e. The second-order valence-corrected chi connectivity index (χ2v) is 6.79. The lowest BCUT2D eigenvalue weighted by atomic mass is 9.97. The van der Waals surface area contributed by atoms with E-state index in [0.29, 0.717) is 24.7 Å². The molecular formula is C17H28ClN5O2. The van der Waals surface area contributed by atoms with E-state index >= 15 is 0 Å². The summed E-state index contributed by atoms with van der Waals surface area (Å²) in [5.74, 6) is 0.396. The molecule has 8 heteroatoms. The number of aromatic amines is 1. The maximum atomic E-state index is 12.6. The first-order chi connectivity index (χ1) is 11.7. The summed E-state index contributed by atoms with van der Waals surface area (Å²) in [5.41, 5.74) is 1.47. The first-order valence-electron chi connectivity index (χ1n) is 9.02. The topological polar surface area (TPSA) is 90.1 Å². The van der Waals surface area contributed by atoms with Crippen LogP contribution in [0.25, 0.3) is 0 Å². The number of piperidine rings is 1. The van der Waals surface area contributed by atoms with Crippen molar-refractivity contribution in [2.45, 2.75) is 45.1 Å². The molecule has 2 saturated heterocycles. The number of likely N-dealkylation sites (tertiary alicyclic amines) is 1. The van der Waals surface area contributed by atoms with E-state index in [9.17, 15) is 9.59 Å². The molecule has 0 radical (unpaired) electrons. The van der Waals surface area contributed by atoms with Crippen molar-refractivity contribution in [3.8, 4) is 0 Å². The third-order valence-electron chi connectivity index (χ3n) is 4.98. The Balaban J connectivity index is 0.00000225. The van der Waals surface area contributed by atoms with Crippen LogP contribution in [0.1, 0.15) is 48.8 Å². The first-order valence-corrected chi connectivity index (χ1v) is 9.02. The molecule has 0 aromatic carbocycles. The molecule has 3 N–H and O–H groups in total. The maximum absolute atomic E-state index is 12.6. The lowest BCUT2D eigenvalue weighted by Gasteiger charge is -2.32. The van der Waals surface area contributed by atoms with Crippen molar-refractivity contribution in [2.75, 3.05) is 26.2 Å². The van der Waals surface area contributed by atoms with Crippen molar-refractivity contribution in [2.24, 2.45) is 5.92 Å². The minimum absolute atomic E-state index is 0. The van der Waals surface area contributed by atoms with Gasteiger partial charge in [-0.15, -0.1) is 12.4 Å². The summed E-state index contributed by atoms with van der Waals surface area (Å²) in [6, 6.07) is 1.79. The molecular weight excluding hydrogens is 342 g/mol. The number of carbonyl (C=O) groups excluding carboxylic acids is 2. The Labute approximate surface area is 154 Å². The van der Waals surface area contributed by atoms with Gasteiger partial charge in [0.25, 0.3) is 5.91 Å². The van der Waals surface area contributed by atoms with E-state index in [-0.39, 0.29) is 30.3 Å². The molecule has 3 heterocycles. The van der Waals surface area contributed by atoms with Gasteiger partial charge in [-0.25, -0.2) is 0 Å². The highest BCUT2D eigenvalue weighted by molar-refractivity contribution is 5.92. The van der Waals surface area contributed by atoms with Crippen molar-refractivity contribution >= 4 is 24.2 Å². The van der Waals surface area contributed by atoms with E-state index in [4.69, 9.17) is 0 Å². The highest BCUT2D eigenvalue weighted by atomic mass is 35.5. The van der Waals surface area contributed by atoms with E-state index in [2.05, 4.69) is 20.8 Å². The van der Waals surface area contributed by atoms with Gasteiger partial charge in [-0.05, 0) is 50.6 Å². The molecule has 25 heavy (non-hydrogen) atoms. The molecule has 7 nitrogen and oxygen atoms in total. The molecule has 1 aromatic rings. The number of halogens is 1. The summed E-state index contributed by atoms with van der Waals surface area (Å²) in [7, 11) is 0. The summed E-state index contributed by atoms with van der Waals surface area (Å²) >= 11 is 0. The second kappa shape index (κ2) is 9.20. The minimum Gasteiger partial charge on any atom is -0.354 e. The van der Waals surface area contributed by atoms with Crippen LogP contribution in [0.2, 0.25) is 0 Å². The molecule has 2 aliphatic heterocycles. The van der Waals surface area contributed by atoms with Gasteiger partial charge in [-0.1, -0.05) is 6.92 Å². The van der Waals surface area contributed by atoms with Gasteiger partial charge in [-0.3, -0.25) is 14.7 Å². The van der Waals surface area contributed by atoms with E-state index in [0.717, 1.165) is 50.9 Å². The molecule has 3 rings (SSSR count). The third kappa shape index (κ3) is 4.95. The zero-order valence-corrected chi connectivity index (χ0v) is 15.5. The van der Waals surface area contributed by atoms with E-state index in [1.54, 1.807) is 0 Å². The van der Waals surface area contributed by atoms with Crippen LogP contribution in [-0.2, 0) is 11.2 Å². The lowest BCUT2D eigenvalue weighted by molar-refractivity contribution is -0.123. The number of aryl methyl sites for hydroxylation is 1. The highest BCUT2D eigenvalue weighted by Gasteiger charge is 2.27. The van der Waals surface area contributed by atoms with Crippen molar-refractivity contribution in [1.82, 2.24) is 25.7 Å². The standard InChI is InChI=1S/C17H27N5O2.ClH/c1-2-13-9-15(21-20-13)17(24)22-8-4-5-12(11-22)10-19-16(23)14-6-3-7-18-14;/h9,12,14,18H,2-8,10-11H2,1H3,(H,19,23)(H,20,21);1H. The zero-order valence-electron chi connectivity index (χ0n) is 14.7. The van der Waals surface area contributed by atoms with Gasteiger partial charge in [0.15, 0.2) is 0 Å². The van der Waals surface area contributed by atoms with Crippen LogP contribution in [-0.4, -0.2) is 59.1 Å². The third-order valence-corrected chi connectivity index (χ3v) is 4.98. The van der Waals surface area contributed by atoms with Crippen LogP contribution in [0.4, 0.5) is 0 Å². The molecule has 0 aliphatic carbocycles. The Morgan fingerprint density at radius 2 is 2.20 bits per heavy atom. The summed E-state index contributed by atoms with van der Waals surface area (Å²) < 4.78 is 0. The fourth-order valence-corrected chi connectivity index (χ4v) is 3.51. The van der Waals surface area contributed by atoms with Gasteiger partial charge in [0.2, 0.25) is 5.91 Å². The summed E-state index contributed by atoms with van der Waals surface area (Å²) in [6.45, 7) is 5.04. The maximum Gasteiger partial charge on any atom is 0.274 e. The van der Waals surface area contributed by atoms with Crippen LogP contribution in [0.5, 0.6) is 0 Å². The van der Waals surface area contributed by atoms with Gasteiger partial charge >= 0.3 is 0 Å². The number of hydrogen-bond donors (Lipinski definition) is 3. The molecule has 2 atom stereocenters. The Morgan fingerprint density at radius 3 is 2.88 bits per heavy atom. The monoisotopic (exact) mass is 369 g/mol. The average molecular weight is 370 g/mol. The second-order valence-electron chi connectivity index (χ2n) is 6.79. The summed E-state index contributed by atoms with van der Waals surface area (Å²) in [5, 5.41) is 13.3. The van der Waals surface area contributed by atoms with Crippen LogP contribution in [0.15, 0.2) is 6.07 Å². The molecule has 1 aromatic heterocycles. The van der Waals surface area contributed by atoms with E-state index < -0.39 is 0 Å². The van der Waals surface area contributed by atoms with Crippen molar-refractivity contribution in [3.05, 3.63) is 17.5 Å².